The molecule has 0 N–H and O–H groups in total. The van der Waals surface area contributed by atoms with Gasteiger partial charge in [-0.05, 0) is 79.0 Å². The first-order valence-electron chi connectivity index (χ1n) is 13.1. The zero-order valence-corrected chi connectivity index (χ0v) is 21.0. The van der Waals surface area contributed by atoms with E-state index in [9.17, 15) is 9.59 Å². The number of nitrogens with zero attached hydrogens (tertiary/aromatic N) is 2. The van der Waals surface area contributed by atoms with E-state index in [4.69, 9.17) is 19.2 Å². The van der Waals surface area contributed by atoms with Gasteiger partial charge in [0, 0.05) is 18.5 Å². The molecule has 1 amide bonds. The molecule has 7 heteroatoms. The average molecular weight is 499 g/mol. The second-order valence-electron chi connectivity index (χ2n) is 9.97. The van der Waals surface area contributed by atoms with Crippen molar-refractivity contribution in [2.75, 3.05) is 26.5 Å². The highest BCUT2D eigenvalue weighted by Crippen LogP contribution is 2.39. The first-order valence-corrected chi connectivity index (χ1v) is 13.1. The maximum absolute atomic E-state index is 13.5. The predicted octanol–water partition coefficient (Wildman–Crippen LogP) is 5.26. The summed E-state index contributed by atoms with van der Waals surface area (Å²) >= 11 is 0. The fourth-order valence-electron chi connectivity index (χ4n) is 5.21. The Morgan fingerprint density at radius 3 is 2.78 bits per heavy atom. The third kappa shape index (κ3) is 4.78. The number of esters is 1. The van der Waals surface area contributed by atoms with Crippen molar-refractivity contribution in [3.8, 4) is 11.5 Å². The smallest absolute Gasteiger partial charge is 0.339 e. The molecule has 1 saturated carbocycles. The van der Waals surface area contributed by atoms with Crippen molar-refractivity contribution in [1.82, 2.24) is 9.88 Å². The molecule has 2 aliphatic carbocycles. The predicted molar refractivity (Wildman–Crippen MR) is 140 cm³/mol. The number of carbonyl (C=O) groups excluding carboxylic acids is 2. The van der Waals surface area contributed by atoms with Crippen LogP contribution in [0.5, 0.6) is 11.5 Å². The van der Waals surface area contributed by atoms with Crippen LogP contribution < -0.4 is 9.47 Å². The Balaban J connectivity index is 1.29. The van der Waals surface area contributed by atoms with Crippen LogP contribution in [0.15, 0.2) is 42.5 Å². The molecule has 2 aromatic carbocycles. The number of benzene rings is 2. The van der Waals surface area contributed by atoms with E-state index in [1.807, 2.05) is 47.4 Å². The fraction of sp³-hybridized carbons (Fsp3) is 0.367. The van der Waals surface area contributed by atoms with Crippen molar-refractivity contribution < 1.29 is 23.8 Å². The van der Waals surface area contributed by atoms with Crippen LogP contribution in [0.4, 0.5) is 0 Å². The van der Waals surface area contributed by atoms with Crippen LogP contribution >= 0.6 is 0 Å². The molecule has 0 bridgehead atoms. The molecule has 1 aliphatic heterocycles. The molecule has 0 saturated heterocycles. The molecule has 7 nitrogen and oxygen atoms in total. The molecule has 0 radical (unpaired) electrons. The summed E-state index contributed by atoms with van der Waals surface area (Å²) in [6.45, 7) is 3.49. The number of para-hydroxylation sites is 1. The minimum atomic E-state index is -0.463. The Morgan fingerprint density at radius 2 is 1.95 bits per heavy atom. The Hall–Kier alpha value is -3.87. The lowest BCUT2D eigenvalue weighted by atomic mass is 10.0. The molecule has 3 aromatic rings. The van der Waals surface area contributed by atoms with E-state index in [1.54, 1.807) is 0 Å². The minimum absolute atomic E-state index is 0.125. The third-order valence-electron chi connectivity index (χ3n) is 7.23. The minimum Gasteiger partial charge on any atom is -0.454 e. The van der Waals surface area contributed by atoms with Gasteiger partial charge in [-0.2, -0.15) is 0 Å². The van der Waals surface area contributed by atoms with Crippen molar-refractivity contribution in [2.45, 2.75) is 39.0 Å². The number of fused-ring (bicyclic) bond motifs is 3. The lowest BCUT2D eigenvalue weighted by Gasteiger charge is -2.22. The second kappa shape index (κ2) is 9.88. The molecule has 6 rings (SSSR count). The van der Waals surface area contributed by atoms with Gasteiger partial charge in [-0.3, -0.25) is 4.79 Å². The molecule has 0 unspecified atom stereocenters. The number of amides is 1. The maximum Gasteiger partial charge on any atom is 0.339 e. The van der Waals surface area contributed by atoms with Gasteiger partial charge >= 0.3 is 5.97 Å². The zero-order chi connectivity index (χ0) is 25.4. The first kappa shape index (κ1) is 23.5. The van der Waals surface area contributed by atoms with E-state index in [0.29, 0.717) is 24.4 Å². The van der Waals surface area contributed by atoms with Crippen LogP contribution in [0.25, 0.3) is 22.6 Å². The lowest BCUT2D eigenvalue weighted by Crippen LogP contribution is -2.37. The SMILES string of the molecule is CCCN(CC1CC1)C(=O)COC(=O)c1c2c(nc3ccccc13)/C(=C\c1ccc3c(c1)OCO3)CC2. The number of allylic oxidation sites excluding steroid dienone is 1. The Kier molecular flexibility index (Phi) is 6.28. The molecular weight excluding hydrogens is 468 g/mol. The van der Waals surface area contributed by atoms with Gasteiger partial charge < -0.3 is 19.1 Å². The molecule has 3 aliphatic rings. The summed E-state index contributed by atoms with van der Waals surface area (Å²) < 4.78 is 16.6. The van der Waals surface area contributed by atoms with Crippen LogP contribution in [-0.2, 0) is 16.0 Å². The van der Waals surface area contributed by atoms with Gasteiger partial charge in [0.1, 0.15) is 0 Å². The van der Waals surface area contributed by atoms with Crippen LogP contribution in [0.3, 0.4) is 0 Å². The summed E-state index contributed by atoms with van der Waals surface area (Å²) in [5, 5.41) is 0.756. The number of carbonyl (C=O) groups is 2. The molecule has 2 heterocycles. The van der Waals surface area contributed by atoms with Crippen molar-refractivity contribution in [2.24, 2.45) is 5.92 Å². The third-order valence-corrected chi connectivity index (χ3v) is 7.23. The summed E-state index contributed by atoms with van der Waals surface area (Å²) in [4.78, 5) is 33.1. The number of pyridine rings is 1. The quantitative estimate of drug-likeness (QED) is 0.395. The fourth-order valence-corrected chi connectivity index (χ4v) is 5.21. The Bertz CT molecular complexity index is 1410. The number of aromatic nitrogens is 1. The first-order chi connectivity index (χ1) is 18.1. The molecule has 0 atom stereocenters. The van der Waals surface area contributed by atoms with Gasteiger partial charge in [-0.25, -0.2) is 9.78 Å². The summed E-state index contributed by atoms with van der Waals surface area (Å²) in [5.74, 6) is 1.48. The summed E-state index contributed by atoms with van der Waals surface area (Å²) in [5.41, 5.74) is 5.00. The Labute approximate surface area is 216 Å². The molecule has 1 aromatic heterocycles. The largest absolute Gasteiger partial charge is 0.454 e. The van der Waals surface area contributed by atoms with Gasteiger partial charge in [0.05, 0.1) is 16.8 Å². The second-order valence-corrected chi connectivity index (χ2v) is 9.97. The number of ether oxygens (including phenoxy) is 3. The molecule has 0 spiro atoms. The normalized spacial score (nSPS) is 16.7. The summed E-state index contributed by atoms with van der Waals surface area (Å²) in [7, 11) is 0. The highest BCUT2D eigenvalue weighted by Gasteiger charge is 2.30. The van der Waals surface area contributed by atoms with Crippen LogP contribution in [0.1, 0.15) is 59.8 Å². The lowest BCUT2D eigenvalue weighted by molar-refractivity contribution is -0.134. The highest BCUT2D eigenvalue weighted by atomic mass is 16.7. The molecular formula is C30H30N2O5. The average Bonchev–Trinajstić information content (AvgIpc) is 3.46. The molecule has 1 fully saturated rings. The van der Waals surface area contributed by atoms with Gasteiger partial charge in [0.25, 0.3) is 5.91 Å². The van der Waals surface area contributed by atoms with E-state index in [0.717, 1.165) is 64.2 Å². The highest BCUT2D eigenvalue weighted by molar-refractivity contribution is 6.07. The van der Waals surface area contributed by atoms with Gasteiger partial charge in [0.15, 0.2) is 18.1 Å². The van der Waals surface area contributed by atoms with E-state index in [-0.39, 0.29) is 19.3 Å². The number of hydrogen-bond acceptors (Lipinski definition) is 6. The van der Waals surface area contributed by atoms with E-state index < -0.39 is 5.97 Å². The van der Waals surface area contributed by atoms with Gasteiger partial charge in [-0.15, -0.1) is 0 Å². The monoisotopic (exact) mass is 498 g/mol. The van der Waals surface area contributed by atoms with E-state index >= 15 is 0 Å². The standard InChI is InChI=1S/C30H30N2O5/c1-2-13-32(16-19-7-8-19)27(33)17-35-30(34)28-22-5-3-4-6-24(22)31-29-21(10-11-23(28)29)14-20-9-12-25-26(15-20)37-18-36-25/h3-6,9,12,14-15,19H,2,7-8,10-11,13,16-18H2,1H3/b21-14-. The Morgan fingerprint density at radius 1 is 1.11 bits per heavy atom. The van der Waals surface area contributed by atoms with Gasteiger partial charge in [-0.1, -0.05) is 31.2 Å². The topological polar surface area (TPSA) is 78.0 Å². The summed E-state index contributed by atoms with van der Waals surface area (Å²) in [6, 6.07) is 13.5. The number of hydrogen-bond donors (Lipinski definition) is 0. The molecule has 37 heavy (non-hydrogen) atoms. The van der Waals surface area contributed by atoms with Crippen LogP contribution in [0, 0.1) is 5.92 Å². The van der Waals surface area contributed by atoms with Crippen molar-refractivity contribution in [1.29, 1.82) is 0 Å². The zero-order valence-electron chi connectivity index (χ0n) is 21.0. The van der Waals surface area contributed by atoms with Gasteiger partial charge in [0.2, 0.25) is 6.79 Å². The maximum atomic E-state index is 13.5. The molecule has 190 valence electrons. The van der Waals surface area contributed by atoms with Crippen molar-refractivity contribution in [3.05, 3.63) is 64.8 Å². The van der Waals surface area contributed by atoms with E-state index in [2.05, 4.69) is 13.0 Å². The van der Waals surface area contributed by atoms with Crippen LogP contribution in [-0.4, -0.2) is 48.2 Å². The van der Waals surface area contributed by atoms with E-state index in [1.165, 1.54) is 12.8 Å². The van der Waals surface area contributed by atoms with Crippen molar-refractivity contribution >= 4 is 34.4 Å². The van der Waals surface area contributed by atoms with Crippen molar-refractivity contribution in [3.63, 3.8) is 0 Å². The number of rotatable bonds is 8. The summed E-state index contributed by atoms with van der Waals surface area (Å²) in [6.07, 6.45) is 6.76. The van der Waals surface area contributed by atoms with Crippen LogP contribution in [0.2, 0.25) is 0 Å².